The van der Waals surface area contributed by atoms with Gasteiger partial charge in [-0.05, 0) is 42.5 Å². The minimum atomic E-state index is -0.325. The monoisotopic (exact) mass is 308 g/mol. The number of carbonyl (C=O) groups excluding carboxylic acids is 1. The van der Waals surface area contributed by atoms with Crippen LogP contribution in [0.3, 0.4) is 0 Å². The molecule has 0 aromatic heterocycles. The molecule has 0 unspecified atom stereocenters. The minimum Gasteiger partial charge on any atom is -0.495 e. The second-order valence-electron chi connectivity index (χ2n) is 4.25. The van der Waals surface area contributed by atoms with E-state index in [4.69, 9.17) is 16.3 Å². The molecule has 0 atom stereocenters. The molecule has 2 rings (SSSR count). The molecule has 0 fully saturated rings. The number of rotatable bonds is 5. The molecule has 0 saturated heterocycles. The first kappa shape index (κ1) is 15.1. The molecule has 110 valence electrons. The van der Waals surface area contributed by atoms with Gasteiger partial charge in [0.1, 0.15) is 11.6 Å². The predicted octanol–water partition coefficient (Wildman–Crippen LogP) is 3.54. The van der Waals surface area contributed by atoms with Crippen LogP contribution in [0, 0.1) is 5.82 Å². The average Bonchev–Trinajstić information content (AvgIpc) is 2.47. The van der Waals surface area contributed by atoms with E-state index in [0.29, 0.717) is 22.1 Å². The van der Waals surface area contributed by atoms with Gasteiger partial charge in [-0.15, -0.1) is 0 Å². The number of amides is 1. The van der Waals surface area contributed by atoms with Crippen LogP contribution < -0.4 is 15.4 Å². The zero-order valence-electron chi connectivity index (χ0n) is 11.3. The van der Waals surface area contributed by atoms with Crippen LogP contribution in [-0.2, 0) is 4.79 Å². The van der Waals surface area contributed by atoms with Gasteiger partial charge >= 0.3 is 0 Å². The molecule has 0 bridgehead atoms. The van der Waals surface area contributed by atoms with Gasteiger partial charge in [0.25, 0.3) is 0 Å². The zero-order valence-corrected chi connectivity index (χ0v) is 12.1. The van der Waals surface area contributed by atoms with Gasteiger partial charge in [0.15, 0.2) is 0 Å². The molecular formula is C15H14ClFN2O2. The second kappa shape index (κ2) is 6.95. The van der Waals surface area contributed by atoms with Gasteiger partial charge in [-0.3, -0.25) is 4.79 Å². The van der Waals surface area contributed by atoms with Crippen LogP contribution in [0.2, 0.25) is 5.02 Å². The highest BCUT2D eigenvalue weighted by molar-refractivity contribution is 6.31. The standard InChI is InChI=1S/C15H14ClFN2O2/c1-21-14-7-2-10(16)8-13(14)19-15(20)9-18-12-5-3-11(17)4-6-12/h2-8,18H,9H2,1H3,(H,19,20). The number of hydrogen-bond donors (Lipinski definition) is 2. The first-order chi connectivity index (χ1) is 10.1. The van der Waals surface area contributed by atoms with Crippen molar-refractivity contribution >= 4 is 28.9 Å². The van der Waals surface area contributed by atoms with Crippen molar-refractivity contribution in [2.75, 3.05) is 24.3 Å². The van der Waals surface area contributed by atoms with Crippen molar-refractivity contribution in [3.05, 3.63) is 53.3 Å². The summed E-state index contributed by atoms with van der Waals surface area (Å²) in [7, 11) is 1.51. The van der Waals surface area contributed by atoms with Crippen LogP contribution in [0.5, 0.6) is 5.75 Å². The topological polar surface area (TPSA) is 50.4 Å². The lowest BCUT2D eigenvalue weighted by atomic mass is 10.3. The quantitative estimate of drug-likeness (QED) is 0.888. The maximum Gasteiger partial charge on any atom is 0.243 e. The van der Waals surface area contributed by atoms with E-state index in [1.807, 2.05) is 0 Å². The molecule has 21 heavy (non-hydrogen) atoms. The van der Waals surface area contributed by atoms with E-state index in [2.05, 4.69) is 10.6 Å². The van der Waals surface area contributed by atoms with Crippen molar-refractivity contribution in [2.24, 2.45) is 0 Å². The van der Waals surface area contributed by atoms with Crippen LogP contribution >= 0.6 is 11.6 Å². The minimum absolute atomic E-state index is 0.0430. The highest BCUT2D eigenvalue weighted by Crippen LogP contribution is 2.27. The molecule has 0 radical (unpaired) electrons. The van der Waals surface area contributed by atoms with Crippen molar-refractivity contribution in [1.82, 2.24) is 0 Å². The number of hydrogen-bond acceptors (Lipinski definition) is 3. The van der Waals surface area contributed by atoms with Crippen molar-refractivity contribution in [2.45, 2.75) is 0 Å². The largest absolute Gasteiger partial charge is 0.495 e. The van der Waals surface area contributed by atoms with E-state index in [1.165, 1.54) is 19.2 Å². The fraction of sp³-hybridized carbons (Fsp3) is 0.133. The van der Waals surface area contributed by atoms with Crippen LogP contribution in [0.4, 0.5) is 15.8 Å². The Morgan fingerprint density at radius 2 is 1.95 bits per heavy atom. The normalized spacial score (nSPS) is 10.0. The third kappa shape index (κ3) is 4.36. The van der Waals surface area contributed by atoms with Gasteiger partial charge in [-0.25, -0.2) is 4.39 Å². The van der Waals surface area contributed by atoms with Gasteiger partial charge < -0.3 is 15.4 Å². The fourth-order valence-electron chi connectivity index (χ4n) is 1.72. The van der Waals surface area contributed by atoms with E-state index < -0.39 is 0 Å². The summed E-state index contributed by atoms with van der Waals surface area (Å²) in [6.07, 6.45) is 0. The molecule has 0 aliphatic heterocycles. The zero-order chi connectivity index (χ0) is 15.2. The Hall–Kier alpha value is -2.27. The third-order valence-corrected chi connectivity index (χ3v) is 2.97. The average molecular weight is 309 g/mol. The Bertz CT molecular complexity index is 632. The van der Waals surface area contributed by atoms with E-state index in [0.717, 1.165) is 0 Å². The van der Waals surface area contributed by atoms with Gasteiger partial charge in [0.05, 0.1) is 19.3 Å². The van der Waals surface area contributed by atoms with Crippen molar-refractivity contribution in [3.63, 3.8) is 0 Å². The molecule has 2 aromatic rings. The van der Waals surface area contributed by atoms with Gasteiger partial charge in [0.2, 0.25) is 5.91 Å². The van der Waals surface area contributed by atoms with Crippen LogP contribution in [0.25, 0.3) is 0 Å². The summed E-state index contributed by atoms with van der Waals surface area (Å²) in [5, 5.41) is 6.09. The molecule has 6 heteroatoms. The molecule has 0 saturated carbocycles. The third-order valence-electron chi connectivity index (χ3n) is 2.73. The summed E-state index contributed by atoms with van der Waals surface area (Å²) >= 11 is 5.89. The summed E-state index contributed by atoms with van der Waals surface area (Å²) in [6.45, 7) is 0.0430. The Kier molecular flexibility index (Phi) is 5.00. The van der Waals surface area contributed by atoms with Crippen molar-refractivity contribution < 1.29 is 13.9 Å². The number of benzene rings is 2. The maximum atomic E-state index is 12.8. The molecule has 4 nitrogen and oxygen atoms in total. The lowest BCUT2D eigenvalue weighted by molar-refractivity contribution is -0.114. The van der Waals surface area contributed by atoms with Crippen molar-refractivity contribution in [3.8, 4) is 5.75 Å². The predicted molar refractivity (Wildman–Crippen MR) is 81.5 cm³/mol. The number of nitrogens with one attached hydrogen (secondary N) is 2. The number of methoxy groups -OCH3 is 1. The highest BCUT2D eigenvalue weighted by Gasteiger charge is 2.08. The second-order valence-corrected chi connectivity index (χ2v) is 4.69. The molecule has 0 aliphatic rings. The van der Waals surface area contributed by atoms with E-state index in [9.17, 15) is 9.18 Å². The number of anilines is 2. The number of carbonyl (C=O) groups is 1. The van der Waals surface area contributed by atoms with Crippen LogP contribution in [0.1, 0.15) is 0 Å². The molecule has 0 aliphatic carbocycles. The Labute approximate surface area is 126 Å². The number of halogens is 2. The summed E-state index contributed by atoms with van der Waals surface area (Å²) in [5.74, 6) is -0.0666. The Morgan fingerprint density at radius 3 is 2.62 bits per heavy atom. The highest BCUT2D eigenvalue weighted by atomic mass is 35.5. The molecule has 0 spiro atoms. The first-order valence-corrected chi connectivity index (χ1v) is 6.59. The summed E-state index contributed by atoms with van der Waals surface area (Å²) in [4.78, 5) is 11.9. The summed E-state index contributed by atoms with van der Waals surface area (Å²) < 4.78 is 17.9. The Balaban J connectivity index is 1.95. The molecule has 2 aromatic carbocycles. The summed E-state index contributed by atoms with van der Waals surface area (Å²) in [5.41, 5.74) is 1.15. The van der Waals surface area contributed by atoms with Crippen LogP contribution in [0.15, 0.2) is 42.5 Å². The van der Waals surface area contributed by atoms with Crippen molar-refractivity contribution in [1.29, 1.82) is 0 Å². The summed E-state index contributed by atoms with van der Waals surface area (Å²) in [6, 6.07) is 10.7. The van der Waals surface area contributed by atoms with Gasteiger partial charge in [-0.1, -0.05) is 11.6 Å². The van der Waals surface area contributed by atoms with Crippen LogP contribution in [-0.4, -0.2) is 19.6 Å². The smallest absolute Gasteiger partial charge is 0.243 e. The lowest BCUT2D eigenvalue weighted by Crippen LogP contribution is -2.22. The van der Waals surface area contributed by atoms with Gasteiger partial charge in [-0.2, -0.15) is 0 Å². The van der Waals surface area contributed by atoms with E-state index in [-0.39, 0.29) is 18.3 Å². The SMILES string of the molecule is COc1ccc(Cl)cc1NC(=O)CNc1ccc(F)cc1. The Morgan fingerprint density at radius 1 is 1.24 bits per heavy atom. The van der Waals surface area contributed by atoms with E-state index in [1.54, 1.807) is 30.3 Å². The molecular weight excluding hydrogens is 295 g/mol. The fourth-order valence-corrected chi connectivity index (χ4v) is 1.89. The number of ether oxygens (including phenoxy) is 1. The maximum absolute atomic E-state index is 12.8. The first-order valence-electron chi connectivity index (χ1n) is 6.21. The molecule has 0 heterocycles. The molecule has 1 amide bonds. The van der Waals surface area contributed by atoms with E-state index >= 15 is 0 Å². The molecule has 2 N–H and O–H groups in total. The lowest BCUT2D eigenvalue weighted by Gasteiger charge is -2.11. The van der Waals surface area contributed by atoms with Gasteiger partial charge in [0, 0.05) is 10.7 Å².